The van der Waals surface area contributed by atoms with E-state index in [1.807, 2.05) is 0 Å². The lowest BCUT2D eigenvalue weighted by Crippen LogP contribution is -2.13. The Morgan fingerprint density at radius 2 is 2.00 bits per heavy atom. The number of hydrogen-bond donors (Lipinski definition) is 2. The van der Waals surface area contributed by atoms with E-state index in [0.717, 1.165) is 23.5 Å². The normalized spacial score (nSPS) is 10.8. The van der Waals surface area contributed by atoms with Crippen molar-refractivity contribution in [2.75, 3.05) is 5.32 Å². The fraction of sp³-hybridized carbons (Fsp3) is 0. The van der Waals surface area contributed by atoms with Crippen molar-refractivity contribution in [1.29, 1.82) is 0 Å². The molecule has 0 aliphatic rings. The summed E-state index contributed by atoms with van der Waals surface area (Å²) in [6.07, 6.45) is 2.15. The van der Waals surface area contributed by atoms with E-state index in [0.29, 0.717) is 5.56 Å². The van der Waals surface area contributed by atoms with E-state index in [1.54, 1.807) is 11.4 Å². The van der Waals surface area contributed by atoms with Crippen LogP contribution in [0.1, 0.15) is 15.2 Å². The van der Waals surface area contributed by atoms with Gasteiger partial charge in [0.2, 0.25) is 0 Å². The van der Waals surface area contributed by atoms with Crippen LogP contribution in [0, 0.1) is 11.6 Å². The highest BCUT2D eigenvalue weighted by Crippen LogP contribution is 2.22. The van der Waals surface area contributed by atoms with Crippen LogP contribution in [0.5, 0.6) is 0 Å². The molecule has 0 saturated carbocycles. The van der Waals surface area contributed by atoms with Crippen LogP contribution in [-0.4, -0.2) is 17.0 Å². The second-order valence-corrected chi connectivity index (χ2v) is 4.85. The number of nitrogens with one attached hydrogen (secondary N) is 1. The molecule has 0 radical (unpaired) electrons. The molecule has 2 N–H and O–H groups in total. The molecule has 2 rings (SSSR count). The fourth-order valence-corrected chi connectivity index (χ4v) is 2.36. The summed E-state index contributed by atoms with van der Waals surface area (Å²) in [5, 5.41) is 12.4. The molecule has 1 aromatic heterocycles. The van der Waals surface area contributed by atoms with Crippen LogP contribution in [0.4, 0.5) is 14.5 Å². The van der Waals surface area contributed by atoms with Crippen LogP contribution < -0.4 is 5.32 Å². The highest BCUT2D eigenvalue weighted by atomic mass is 32.1. The second kappa shape index (κ2) is 6.27. The van der Waals surface area contributed by atoms with Crippen molar-refractivity contribution in [2.45, 2.75) is 0 Å². The number of halogens is 2. The molecule has 0 aliphatic heterocycles. The van der Waals surface area contributed by atoms with E-state index in [1.165, 1.54) is 18.2 Å². The zero-order valence-corrected chi connectivity index (χ0v) is 11.3. The molecule has 0 saturated heterocycles. The van der Waals surface area contributed by atoms with Crippen molar-refractivity contribution < 1.29 is 23.5 Å². The second-order valence-electron chi connectivity index (χ2n) is 3.93. The maximum Gasteiger partial charge on any atom is 0.328 e. The van der Waals surface area contributed by atoms with Crippen molar-refractivity contribution in [3.63, 3.8) is 0 Å². The average molecular weight is 309 g/mol. The van der Waals surface area contributed by atoms with Gasteiger partial charge in [-0.05, 0) is 35.2 Å². The molecule has 0 atom stereocenters. The van der Waals surface area contributed by atoms with Gasteiger partial charge in [0.15, 0.2) is 11.6 Å². The van der Waals surface area contributed by atoms with Crippen LogP contribution in [0.2, 0.25) is 0 Å². The van der Waals surface area contributed by atoms with Gasteiger partial charge in [0.25, 0.3) is 5.91 Å². The van der Waals surface area contributed by atoms with E-state index in [2.05, 4.69) is 5.32 Å². The van der Waals surface area contributed by atoms with Crippen molar-refractivity contribution in [3.8, 4) is 0 Å². The minimum atomic E-state index is -1.15. The van der Waals surface area contributed by atoms with Gasteiger partial charge in [-0.1, -0.05) is 6.07 Å². The van der Waals surface area contributed by atoms with Crippen molar-refractivity contribution in [1.82, 2.24) is 0 Å². The molecule has 2 aromatic rings. The maximum absolute atomic E-state index is 13.5. The number of carbonyl (C=O) groups excluding carboxylic acids is 1. The van der Waals surface area contributed by atoms with Crippen LogP contribution in [0.3, 0.4) is 0 Å². The largest absolute Gasteiger partial charge is 0.478 e. The maximum atomic E-state index is 13.5. The summed E-state index contributed by atoms with van der Waals surface area (Å²) < 4.78 is 26.5. The Bertz CT molecular complexity index is 725. The molecule has 108 valence electrons. The number of rotatable bonds is 4. The predicted octanol–water partition coefficient (Wildman–Crippen LogP) is 3.38. The third-order valence-corrected chi connectivity index (χ3v) is 3.44. The fourth-order valence-electron chi connectivity index (χ4n) is 1.58. The van der Waals surface area contributed by atoms with E-state index < -0.39 is 23.5 Å². The van der Waals surface area contributed by atoms with Crippen molar-refractivity contribution in [2.24, 2.45) is 0 Å². The number of benzene rings is 1. The number of aliphatic carboxylic acids is 1. The van der Waals surface area contributed by atoms with Gasteiger partial charge < -0.3 is 10.4 Å². The SMILES string of the molecule is O=C(O)C=Cc1ccsc1C(=O)Nc1cccc(F)c1F. The quantitative estimate of drug-likeness (QED) is 0.851. The summed E-state index contributed by atoms with van der Waals surface area (Å²) in [7, 11) is 0. The van der Waals surface area contributed by atoms with Gasteiger partial charge in [-0.25, -0.2) is 13.6 Å². The molecular formula is C14H9F2NO3S. The van der Waals surface area contributed by atoms with Crippen molar-refractivity contribution in [3.05, 3.63) is 57.8 Å². The van der Waals surface area contributed by atoms with E-state index >= 15 is 0 Å². The van der Waals surface area contributed by atoms with Crippen molar-refractivity contribution >= 4 is 35.0 Å². The molecule has 7 heteroatoms. The summed E-state index contributed by atoms with van der Waals surface area (Å²) in [6, 6.07) is 5.00. The summed E-state index contributed by atoms with van der Waals surface area (Å²) in [6.45, 7) is 0. The molecule has 0 spiro atoms. The van der Waals surface area contributed by atoms with Gasteiger partial charge in [0.1, 0.15) is 0 Å². The lowest BCUT2D eigenvalue weighted by molar-refractivity contribution is -0.131. The van der Waals surface area contributed by atoms with Crippen LogP contribution in [-0.2, 0) is 4.79 Å². The Kier molecular flexibility index (Phi) is 4.44. The molecule has 1 aromatic carbocycles. The molecule has 0 bridgehead atoms. The first-order chi connectivity index (χ1) is 9.99. The molecule has 1 heterocycles. The van der Waals surface area contributed by atoms with Gasteiger partial charge in [0.05, 0.1) is 10.6 Å². The number of carboxylic acid groups (broad SMARTS) is 1. The van der Waals surface area contributed by atoms with Gasteiger partial charge in [-0.2, -0.15) is 0 Å². The Balaban J connectivity index is 2.23. The van der Waals surface area contributed by atoms with Gasteiger partial charge in [0, 0.05) is 6.08 Å². The smallest absolute Gasteiger partial charge is 0.328 e. The number of carboxylic acids is 1. The van der Waals surface area contributed by atoms with Crippen LogP contribution in [0.25, 0.3) is 6.08 Å². The minimum Gasteiger partial charge on any atom is -0.478 e. The lowest BCUT2D eigenvalue weighted by Gasteiger charge is -2.06. The number of carbonyl (C=O) groups is 2. The first-order valence-electron chi connectivity index (χ1n) is 5.73. The Morgan fingerprint density at radius 3 is 2.71 bits per heavy atom. The third kappa shape index (κ3) is 3.51. The first-order valence-corrected chi connectivity index (χ1v) is 6.61. The van der Waals surface area contributed by atoms with E-state index in [9.17, 15) is 18.4 Å². The predicted molar refractivity (Wildman–Crippen MR) is 75.3 cm³/mol. The number of amides is 1. The third-order valence-electron chi connectivity index (χ3n) is 2.51. The molecule has 0 aliphatic carbocycles. The Labute approximate surface area is 122 Å². The monoisotopic (exact) mass is 309 g/mol. The number of anilines is 1. The standard InChI is InChI=1S/C14H9F2NO3S/c15-9-2-1-3-10(12(9)16)17-14(20)13-8(6-7-21-13)4-5-11(18)19/h1-7H,(H,17,20)(H,18,19). The molecule has 0 fully saturated rings. The zero-order chi connectivity index (χ0) is 15.4. The topological polar surface area (TPSA) is 66.4 Å². The van der Waals surface area contributed by atoms with Gasteiger partial charge in [-0.3, -0.25) is 4.79 Å². The van der Waals surface area contributed by atoms with Gasteiger partial charge >= 0.3 is 5.97 Å². The van der Waals surface area contributed by atoms with Crippen LogP contribution in [0.15, 0.2) is 35.7 Å². The Hall–Kier alpha value is -2.54. The highest BCUT2D eigenvalue weighted by molar-refractivity contribution is 7.12. The van der Waals surface area contributed by atoms with Gasteiger partial charge in [-0.15, -0.1) is 11.3 Å². The molecular weight excluding hydrogens is 300 g/mol. The Morgan fingerprint density at radius 1 is 1.24 bits per heavy atom. The lowest BCUT2D eigenvalue weighted by atomic mass is 10.2. The summed E-state index contributed by atoms with van der Waals surface area (Å²) in [5.74, 6) is -4.00. The highest BCUT2D eigenvalue weighted by Gasteiger charge is 2.15. The summed E-state index contributed by atoms with van der Waals surface area (Å²) >= 11 is 1.07. The molecule has 4 nitrogen and oxygen atoms in total. The molecule has 21 heavy (non-hydrogen) atoms. The van der Waals surface area contributed by atoms with E-state index in [-0.39, 0.29) is 10.6 Å². The minimum absolute atomic E-state index is 0.205. The zero-order valence-electron chi connectivity index (χ0n) is 10.5. The summed E-state index contributed by atoms with van der Waals surface area (Å²) in [4.78, 5) is 22.7. The average Bonchev–Trinajstić information content (AvgIpc) is 2.90. The number of hydrogen-bond acceptors (Lipinski definition) is 3. The molecule has 1 amide bonds. The van der Waals surface area contributed by atoms with E-state index in [4.69, 9.17) is 5.11 Å². The first kappa shape index (κ1) is 14.9. The summed E-state index contributed by atoms with van der Waals surface area (Å²) in [5.41, 5.74) is 0.110. The number of thiophene rings is 1. The molecule has 0 unspecified atom stereocenters. The van der Waals surface area contributed by atoms with Crippen LogP contribution >= 0.6 is 11.3 Å².